The number of carbonyl (C=O) groups excluding carboxylic acids is 3. The average molecular weight is 552 g/mol. The van der Waals surface area contributed by atoms with Crippen molar-refractivity contribution in [3.05, 3.63) is 66.6 Å². The molecule has 1 N–H and O–H groups in total. The van der Waals surface area contributed by atoms with Crippen LogP contribution in [-0.4, -0.2) is 76.6 Å². The van der Waals surface area contributed by atoms with Crippen LogP contribution in [0.25, 0.3) is 10.9 Å². The molecule has 11 nitrogen and oxygen atoms in total. The molecular formula is C27H29N5O6S. The summed E-state index contributed by atoms with van der Waals surface area (Å²) in [5.74, 6) is -0.786. The Hall–Kier alpha value is -3.90. The van der Waals surface area contributed by atoms with Crippen LogP contribution in [0.3, 0.4) is 0 Å². The minimum atomic E-state index is -3.83. The maximum atomic E-state index is 13.6. The van der Waals surface area contributed by atoms with E-state index in [9.17, 15) is 22.8 Å². The lowest BCUT2D eigenvalue weighted by molar-refractivity contribution is -0.138. The lowest BCUT2D eigenvalue weighted by Gasteiger charge is -2.28. The highest BCUT2D eigenvalue weighted by molar-refractivity contribution is 7.88. The molecule has 4 heterocycles. The standard InChI is InChI=1S/C27H29N5O6S/c1-2-6-22(30-27(35)38-20-9-10-21-18(15-20)7-5-13-29-21)26(34)31-14-11-23-25(31)24(33)16-32(23)39(36,37)17-19-8-3-4-12-28-19/h3-5,7-10,12-13,15,22-23,25H,2,6,11,14,16-17H2,1H3,(H,30,35). The summed E-state index contributed by atoms with van der Waals surface area (Å²) < 4.78 is 32.9. The van der Waals surface area contributed by atoms with Crippen LogP contribution in [0.15, 0.2) is 60.9 Å². The molecule has 2 amide bonds. The first kappa shape index (κ1) is 26.7. The molecule has 2 fully saturated rings. The normalized spacial score (nSPS) is 20.1. The second-order valence-electron chi connectivity index (χ2n) is 9.65. The van der Waals surface area contributed by atoms with Crippen molar-refractivity contribution in [3.8, 4) is 5.75 Å². The third-order valence-electron chi connectivity index (χ3n) is 7.03. The van der Waals surface area contributed by atoms with Gasteiger partial charge >= 0.3 is 6.09 Å². The molecule has 1 aromatic carbocycles. The number of Topliss-reactive ketones (excluding diaryl/α,β-unsaturated/α-hetero) is 1. The number of sulfonamides is 1. The number of amides is 2. The Balaban J connectivity index is 1.27. The number of ether oxygens (including phenoxy) is 1. The van der Waals surface area contributed by atoms with E-state index in [0.717, 1.165) is 10.9 Å². The van der Waals surface area contributed by atoms with Gasteiger partial charge in [-0.25, -0.2) is 13.2 Å². The van der Waals surface area contributed by atoms with Gasteiger partial charge in [-0.2, -0.15) is 4.31 Å². The smallest absolute Gasteiger partial charge is 0.410 e. The summed E-state index contributed by atoms with van der Waals surface area (Å²) in [7, 11) is -3.83. The number of pyridine rings is 2. The summed E-state index contributed by atoms with van der Waals surface area (Å²) in [6.07, 6.45) is 3.65. The first-order chi connectivity index (χ1) is 18.8. The van der Waals surface area contributed by atoms with Crippen LogP contribution in [0.1, 0.15) is 31.9 Å². The predicted molar refractivity (Wildman–Crippen MR) is 142 cm³/mol. The Bertz CT molecular complexity index is 1500. The topological polar surface area (TPSA) is 139 Å². The lowest BCUT2D eigenvalue weighted by Crippen LogP contribution is -2.53. The van der Waals surface area contributed by atoms with Crippen LogP contribution in [0.4, 0.5) is 4.79 Å². The number of aromatic nitrogens is 2. The molecule has 0 aliphatic carbocycles. The van der Waals surface area contributed by atoms with Gasteiger partial charge in [0.2, 0.25) is 15.9 Å². The highest BCUT2D eigenvalue weighted by atomic mass is 32.2. The lowest BCUT2D eigenvalue weighted by atomic mass is 10.1. The highest BCUT2D eigenvalue weighted by Gasteiger charge is 2.54. The zero-order valence-corrected chi connectivity index (χ0v) is 22.2. The van der Waals surface area contributed by atoms with Crippen molar-refractivity contribution in [2.24, 2.45) is 0 Å². The molecule has 0 radical (unpaired) electrons. The van der Waals surface area contributed by atoms with Crippen LogP contribution in [0, 0.1) is 0 Å². The van der Waals surface area contributed by atoms with Crippen molar-refractivity contribution in [1.29, 1.82) is 0 Å². The summed E-state index contributed by atoms with van der Waals surface area (Å²) in [6, 6.07) is 11.2. The van der Waals surface area contributed by atoms with E-state index in [2.05, 4.69) is 15.3 Å². The summed E-state index contributed by atoms with van der Waals surface area (Å²) in [5, 5.41) is 3.44. The second kappa shape index (κ2) is 11.1. The molecule has 0 bridgehead atoms. The quantitative estimate of drug-likeness (QED) is 0.450. The summed E-state index contributed by atoms with van der Waals surface area (Å²) in [6.45, 7) is 1.80. The van der Waals surface area contributed by atoms with Crippen molar-refractivity contribution in [1.82, 2.24) is 24.5 Å². The van der Waals surface area contributed by atoms with E-state index < -0.39 is 40.1 Å². The maximum Gasteiger partial charge on any atom is 0.413 e. The summed E-state index contributed by atoms with van der Waals surface area (Å²) in [5.41, 5.74) is 1.14. The first-order valence-electron chi connectivity index (χ1n) is 12.8. The SMILES string of the molecule is CCCC(NC(=O)Oc1ccc2ncccc2c1)C(=O)N1CCC2C1C(=O)CN2S(=O)(=O)Cc1ccccn1. The molecule has 2 aliphatic heterocycles. The number of nitrogens with one attached hydrogen (secondary N) is 1. The van der Waals surface area contributed by atoms with E-state index in [-0.39, 0.29) is 24.6 Å². The number of hydrogen-bond donors (Lipinski definition) is 1. The van der Waals surface area contributed by atoms with Crippen LogP contribution in [-0.2, 0) is 25.4 Å². The number of fused-ring (bicyclic) bond motifs is 2. The fourth-order valence-corrected chi connectivity index (χ4v) is 6.95. The van der Waals surface area contributed by atoms with E-state index in [0.29, 0.717) is 30.7 Å². The first-order valence-corrected chi connectivity index (χ1v) is 14.4. The third-order valence-corrected chi connectivity index (χ3v) is 8.80. The minimum Gasteiger partial charge on any atom is -0.410 e. The van der Waals surface area contributed by atoms with E-state index in [1.807, 2.05) is 13.0 Å². The molecule has 39 heavy (non-hydrogen) atoms. The molecular weight excluding hydrogens is 522 g/mol. The van der Waals surface area contributed by atoms with Gasteiger partial charge in [0, 0.05) is 24.3 Å². The van der Waals surface area contributed by atoms with Gasteiger partial charge in [-0.05, 0) is 49.2 Å². The molecule has 0 spiro atoms. The molecule has 2 aliphatic rings. The van der Waals surface area contributed by atoms with E-state index >= 15 is 0 Å². The summed E-state index contributed by atoms with van der Waals surface area (Å²) in [4.78, 5) is 49.0. The average Bonchev–Trinajstić information content (AvgIpc) is 3.50. The predicted octanol–water partition coefficient (Wildman–Crippen LogP) is 2.27. The van der Waals surface area contributed by atoms with Crippen molar-refractivity contribution in [2.45, 2.75) is 50.1 Å². The molecule has 2 aromatic heterocycles. The number of likely N-dealkylation sites (tertiary alicyclic amines) is 1. The molecule has 3 unspecified atom stereocenters. The Kier molecular flexibility index (Phi) is 7.58. The fraction of sp³-hybridized carbons (Fsp3) is 0.370. The Morgan fingerprint density at radius 2 is 1.95 bits per heavy atom. The van der Waals surface area contributed by atoms with E-state index in [1.165, 1.54) is 15.4 Å². The van der Waals surface area contributed by atoms with Gasteiger partial charge in [0.05, 0.1) is 23.8 Å². The molecule has 5 rings (SSSR count). The van der Waals surface area contributed by atoms with Crippen molar-refractivity contribution in [2.75, 3.05) is 13.1 Å². The van der Waals surface area contributed by atoms with Gasteiger partial charge in [0.15, 0.2) is 5.78 Å². The monoisotopic (exact) mass is 551 g/mol. The number of rotatable bonds is 8. The third kappa shape index (κ3) is 5.62. The van der Waals surface area contributed by atoms with Crippen molar-refractivity contribution in [3.63, 3.8) is 0 Å². The van der Waals surface area contributed by atoms with E-state index in [4.69, 9.17) is 4.74 Å². The van der Waals surface area contributed by atoms with E-state index in [1.54, 1.807) is 48.7 Å². The van der Waals surface area contributed by atoms with Crippen molar-refractivity contribution < 1.29 is 27.5 Å². The van der Waals surface area contributed by atoms with Crippen LogP contribution in [0.5, 0.6) is 5.75 Å². The van der Waals surface area contributed by atoms with Crippen LogP contribution < -0.4 is 10.1 Å². The number of nitrogens with zero attached hydrogens (tertiary/aromatic N) is 4. The Labute approximate surface area is 226 Å². The van der Waals surface area contributed by atoms with Gasteiger partial charge in [0.25, 0.3) is 0 Å². The number of benzene rings is 1. The second-order valence-corrected chi connectivity index (χ2v) is 11.6. The molecule has 12 heteroatoms. The maximum absolute atomic E-state index is 13.6. The Morgan fingerprint density at radius 1 is 1.13 bits per heavy atom. The van der Waals surface area contributed by atoms with Gasteiger partial charge < -0.3 is 15.0 Å². The molecule has 0 saturated carbocycles. The molecule has 2 saturated heterocycles. The van der Waals surface area contributed by atoms with Gasteiger partial charge in [-0.3, -0.25) is 19.6 Å². The number of carbonyl (C=O) groups is 3. The minimum absolute atomic E-state index is 0.212. The van der Waals surface area contributed by atoms with Crippen LogP contribution >= 0.6 is 0 Å². The van der Waals surface area contributed by atoms with Gasteiger partial charge in [-0.1, -0.05) is 25.5 Å². The largest absolute Gasteiger partial charge is 0.413 e. The number of hydrogen-bond acceptors (Lipinski definition) is 8. The van der Waals surface area contributed by atoms with Gasteiger partial charge in [0.1, 0.15) is 23.6 Å². The van der Waals surface area contributed by atoms with Crippen LogP contribution in [0.2, 0.25) is 0 Å². The summed E-state index contributed by atoms with van der Waals surface area (Å²) >= 11 is 0. The number of ketones is 1. The fourth-order valence-electron chi connectivity index (χ4n) is 5.28. The Morgan fingerprint density at radius 3 is 2.72 bits per heavy atom. The molecule has 3 aromatic rings. The zero-order valence-electron chi connectivity index (χ0n) is 21.4. The van der Waals surface area contributed by atoms with Gasteiger partial charge in [-0.15, -0.1) is 0 Å². The van der Waals surface area contributed by atoms with Crippen molar-refractivity contribution >= 4 is 38.7 Å². The molecule has 3 atom stereocenters. The molecule has 204 valence electrons. The highest BCUT2D eigenvalue weighted by Crippen LogP contribution is 2.33. The zero-order chi connectivity index (χ0) is 27.6.